The first-order chi connectivity index (χ1) is 8.23. The molecule has 0 aromatic carbocycles. The monoisotopic (exact) mass is 272 g/mol. The van der Waals surface area contributed by atoms with Crippen molar-refractivity contribution in [3.05, 3.63) is 0 Å². The van der Waals surface area contributed by atoms with Crippen LogP contribution in [0, 0.1) is 5.92 Å². The predicted molar refractivity (Wildman–Crippen MR) is 71.5 cm³/mol. The van der Waals surface area contributed by atoms with Crippen LogP contribution in [0.5, 0.6) is 0 Å². The molecule has 0 aliphatic heterocycles. The molecule has 1 heterocycles. The number of sulfone groups is 1. The molecule has 2 N–H and O–H groups in total. The second-order valence-electron chi connectivity index (χ2n) is 5.23. The van der Waals surface area contributed by atoms with Gasteiger partial charge in [-0.05, 0) is 25.7 Å². The van der Waals surface area contributed by atoms with Gasteiger partial charge in [-0.25, -0.2) is 13.1 Å². The molecule has 0 saturated heterocycles. The minimum Gasteiger partial charge on any atom is -0.383 e. The van der Waals surface area contributed by atoms with Crippen LogP contribution in [0.25, 0.3) is 0 Å². The van der Waals surface area contributed by atoms with Crippen molar-refractivity contribution in [2.75, 3.05) is 31.0 Å². The molecule has 0 radical (unpaired) electrons. The maximum Gasteiger partial charge on any atom is 0.182 e. The Kier molecular flexibility index (Phi) is 3.04. The molecule has 7 heteroatoms. The normalized spacial score (nSPS) is 17.8. The van der Waals surface area contributed by atoms with Crippen molar-refractivity contribution in [2.24, 2.45) is 5.92 Å². The van der Waals surface area contributed by atoms with Gasteiger partial charge in [0.15, 0.2) is 20.6 Å². The molecule has 1 atom stereocenters. The molecule has 1 aromatic heterocycles. The van der Waals surface area contributed by atoms with Crippen molar-refractivity contribution in [2.45, 2.75) is 30.7 Å². The molecule has 1 aliphatic carbocycles. The lowest BCUT2D eigenvalue weighted by molar-refractivity contribution is 0.446. The Morgan fingerprint density at radius 3 is 2.33 bits per heavy atom. The molecule has 1 aromatic rings. The summed E-state index contributed by atoms with van der Waals surface area (Å²) in [4.78, 5) is 1.82. The second kappa shape index (κ2) is 4.15. The SMILES string of the molecule is CC(C1CC1)n1nc(N(C)C)c(S(C)(=O)=O)c1N. The lowest BCUT2D eigenvalue weighted by Gasteiger charge is -2.12. The van der Waals surface area contributed by atoms with Gasteiger partial charge in [-0.1, -0.05) is 0 Å². The highest BCUT2D eigenvalue weighted by Gasteiger charge is 2.34. The average Bonchev–Trinajstić information content (AvgIpc) is 2.99. The summed E-state index contributed by atoms with van der Waals surface area (Å²) in [7, 11) is 0.156. The number of nitrogens with zero attached hydrogens (tertiary/aromatic N) is 3. The average molecular weight is 272 g/mol. The predicted octanol–water partition coefficient (Wildman–Crippen LogP) is 0.906. The number of hydrogen-bond acceptors (Lipinski definition) is 5. The third kappa shape index (κ3) is 2.19. The van der Waals surface area contributed by atoms with Gasteiger partial charge < -0.3 is 10.6 Å². The van der Waals surface area contributed by atoms with Crippen LogP contribution in [0.1, 0.15) is 25.8 Å². The summed E-state index contributed by atoms with van der Waals surface area (Å²) >= 11 is 0. The van der Waals surface area contributed by atoms with Crippen molar-refractivity contribution in [1.29, 1.82) is 0 Å². The maximum atomic E-state index is 11.8. The minimum absolute atomic E-state index is 0.139. The number of nitrogen functional groups attached to an aromatic ring is 1. The zero-order valence-corrected chi connectivity index (χ0v) is 12.0. The lowest BCUT2D eigenvalue weighted by atomic mass is 10.2. The van der Waals surface area contributed by atoms with Crippen LogP contribution < -0.4 is 10.6 Å². The van der Waals surface area contributed by atoms with Crippen molar-refractivity contribution in [1.82, 2.24) is 9.78 Å². The molecule has 0 spiro atoms. The molecule has 1 aliphatic rings. The molecule has 1 unspecified atom stereocenters. The molecule has 102 valence electrons. The van der Waals surface area contributed by atoms with Gasteiger partial charge in [0.1, 0.15) is 5.82 Å². The van der Waals surface area contributed by atoms with E-state index in [1.807, 2.05) is 6.92 Å². The van der Waals surface area contributed by atoms with E-state index in [4.69, 9.17) is 5.73 Å². The van der Waals surface area contributed by atoms with Crippen molar-refractivity contribution in [3.8, 4) is 0 Å². The van der Waals surface area contributed by atoms with E-state index in [-0.39, 0.29) is 16.8 Å². The Hall–Kier alpha value is -1.24. The molecular formula is C11H20N4O2S. The Balaban J connectivity index is 2.57. The molecule has 6 nitrogen and oxygen atoms in total. The Morgan fingerprint density at radius 1 is 1.44 bits per heavy atom. The molecule has 1 saturated carbocycles. The second-order valence-corrected chi connectivity index (χ2v) is 7.18. The fraction of sp³-hybridized carbons (Fsp3) is 0.727. The van der Waals surface area contributed by atoms with Crippen LogP contribution in [0.15, 0.2) is 4.90 Å². The summed E-state index contributed by atoms with van der Waals surface area (Å²) in [6, 6.07) is 0.152. The first-order valence-electron chi connectivity index (χ1n) is 5.99. The van der Waals surface area contributed by atoms with Crippen molar-refractivity contribution >= 4 is 21.5 Å². The summed E-state index contributed by atoms with van der Waals surface area (Å²) in [5, 5.41) is 4.38. The Labute approximate surface area is 108 Å². The summed E-state index contributed by atoms with van der Waals surface area (Å²) in [5.41, 5.74) is 5.99. The van der Waals surface area contributed by atoms with E-state index < -0.39 is 9.84 Å². The number of hydrogen-bond donors (Lipinski definition) is 1. The Bertz CT molecular complexity index is 558. The molecule has 2 rings (SSSR count). The first-order valence-corrected chi connectivity index (χ1v) is 7.88. The van der Waals surface area contributed by atoms with Crippen LogP contribution in [0.3, 0.4) is 0 Å². The highest BCUT2D eigenvalue weighted by molar-refractivity contribution is 7.91. The summed E-state index contributed by atoms with van der Waals surface area (Å²) in [5.74, 6) is 1.23. The smallest absolute Gasteiger partial charge is 0.182 e. The molecule has 0 bridgehead atoms. The van der Waals surface area contributed by atoms with E-state index in [2.05, 4.69) is 5.10 Å². The minimum atomic E-state index is -3.38. The molecular weight excluding hydrogens is 252 g/mol. The lowest BCUT2D eigenvalue weighted by Crippen LogP contribution is -2.14. The zero-order valence-electron chi connectivity index (χ0n) is 11.2. The molecule has 1 fully saturated rings. The summed E-state index contributed by atoms with van der Waals surface area (Å²) < 4.78 is 25.3. The van der Waals surface area contributed by atoms with Gasteiger partial charge in [0, 0.05) is 20.4 Å². The molecule has 18 heavy (non-hydrogen) atoms. The van der Waals surface area contributed by atoms with Crippen LogP contribution in [0.4, 0.5) is 11.6 Å². The van der Waals surface area contributed by atoms with E-state index in [0.29, 0.717) is 11.7 Å². The first kappa shape index (κ1) is 13.2. The quantitative estimate of drug-likeness (QED) is 0.881. The van der Waals surface area contributed by atoms with Gasteiger partial charge in [0.2, 0.25) is 0 Å². The van der Waals surface area contributed by atoms with Gasteiger partial charge in [-0.15, -0.1) is 0 Å². The van der Waals surface area contributed by atoms with Crippen LogP contribution in [-0.4, -0.2) is 38.5 Å². The van der Waals surface area contributed by atoms with Crippen molar-refractivity contribution in [3.63, 3.8) is 0 Å². The van der Waals surface area contributed by atoms with E-state index in [9.17, 15) is 8.42 Å². The van der Waals surface area contributed by atoms with Gasteiger partial charge in [0.05, 0.1) is 6.04 Å². The standard InChI is InChI=1S/C11H20N4O2S/c1-7(8-5-6-8)15-10(12)9(18(4,16)17)11(13-15)14(2)3/h7-8H,5-6,12H2,1-4H3. The third-order valence-electron chi connectivity index (χ3n) is 3.37. The van der Waals surface area contributed by atoms with Crippen molar-refractivity contribution < 1.29 is 8.42 Å². The van der Waals surface area contributed by atoms with Gasteiger partial charge in [-0.3, -0.25) is 0 Å². The number of aromatic nitrogens is 2. The topological polar surface area (TPSA) is 81.2 Å². The fourth-order valence-electron chi connectivity index (χ4n) is 2.16. The number of anilines is 2. The number of nitrogens with two attached hydrogens (primary N) is 1. The van der Waals surface area contributed by atoms with Gasteiger partial charge in [-0.2, -0.15) is 5.10 Å². The highest BCUT2D eigenvalue weighted by Crippen LogP contribution is 2.42. The van der Waals surface area contributed by atoms with Crippen LogP contribution >= 0.6 is 0 Å². The Morgan fingerprint density at radius 2 is 2.00 bits per heavy atom. The summed E-state index contributed by atoms with van der Waals surface area (Å²) in [6.45, 7) is 2.03. The fourth-order valence-corrected chi connectivity index (χ4v) is 3.19. The van der Waals surface area contributed by atoms with Crippen LogP contribution in [-0.2, 0) is 9.84 Å². The zero-order chi connectivity index (χ0) is 13.7. The van der Waals surface area contributed by atoms with Gasteiger partial charge >= 0.3 is 0 Å². The van der Waals surface area contributed by atoms with E-state index >= 15 is 0 Å². The highest BCUT2D eigenvalue weighted by atomic mass is 32.2. The molecule has 0 amide bonds. The van der Waals surface area contributed by atoms with E-state index in [1.54, 1.807) is 23.7 Å². The van der Waals surface area contributed by atoms with E-state index in [1.165, 1.54) is 6.26 Å². The summed E-state index contributed by atoms with van der Waals surface area (Å²) in [6.07, 6.45) is 3.48. The third-order valence-corrected chi connectivity index (χ3v) is 4.50. The maximum absolute atomic E-state index is 11.8. The largest absolute Gasteiger partial charge is 0.383 e. The van der Waals surface area contributed by atoms with Gasteiger partial charge in [0.25, 0.3) is 0 Å². The number of rotatable bonds is 4. The van der Waals surface area contributed by atoms with Crippen LogP contribution in [0.2, 0.25) is 0 Å². The van der Waals surface area contributed by atoms with E-state index in [0.717, 1.165) is 12.8 Å².